The molecular weight excluding hydrogens is 308 g/mol. The van der Waals surface area contributed by atoms with Crippen molar-refractivity contribution in [3.05, 3.63) is 65.2 Å². The van der Waals surface area contributed by atoms with Gasteiger partial charge in [0.1, 0.15) is 12.4 Å². The first-order valence-electron chi connectivity index (χ1n) is 7.66. The lowest BCUT2D eigenvalue weighted by Crippen LogP contribution is -2.39. The lowest BCUT2D eigenvalue weighted by molar-refractivity contribution is 0.0645. The highest BCUT2D eigenvalue weighted by molar-refractivity contribution is 5.95. The molecule has 6 nitrogen and oxygen atoms in total. The van der Waals surface area contributed by atoms with E-state index in [1.54, 1.807) is 40.7 Å². The summed E-state index contributed by atoms with van der Waals surface area (Å²) < 4.78 is 5.76. The van der Waals surface area contributed by atoms with Gasteiger partial charge in [0.2, 0.25) is 0 Å². The maximum Gasteiger partial charge on any atom is 0.274 e. The molecule has 24 heavy (non-hydrogen) atoms. The van der Waals surface area contributed by atoms with Crippen LogP contribution in [-0.4, -0.2) is 34.6 Å². The molecule has 0 fully saturated rings. The number of hydroxylamine groups is 1. The number of carbonyl (C=O) groups is 2. The first-order chi connectivity index (χ1) is 11.6. The Bertz CT molecular complexity index is 761. The minimum atomic E-state index is -0.601. The maximum atomic E-state index is 12.8. The van der Waals surface area contributed by atoms with Gasteiger partial charge in [-0.1, -0.05) is 24.3 Å². The van der Waals surface area contributed by atoms with Gasteiger partial charge in [0, 0.05) is 16.7 Å². The Hall–Kier alpha value is -2.86. The first kappa shape index (κ1) is 16.0. The summed E-state index contributed by atoms with van der Waals surface area (Å²) in [6, 6.07) is 13.9. The topological polar surface area (TPSA) is 78.9 Å². The molecule has 0 saturated carbocycles. The van der Waals surface area contributed by atoms with Gasteiger partial charge < -0.3 is 9.64 Å². The number of fused-ring (bicyclic) bond motifs is 1. The SMILES string of the molecule is CC1COc2cc(C(=O)NO)ccc2CN1C(=O)c1ccccc1. The second kappa shape index (κ2) is 6.72. The van der Waals surface area contributed by atoms with Gasteiger partial charge >= 0.3 is 0 Å². The maximum absolute atomic E-state index is 12.8. The minimum absolute atomic E-state index is 0.0586. The van der Waals surface area contributed by atoms with E-state index in [1.807, 2.05) is 25.1 Å². The van der Waals surface area contributed by atoms with Crippen LogP contribution in [0.5, 0.6) is 5.75 Å². The number of benzene rings is 2. The van der Waals surface area contributed by atoms with E-state index >= 15 is 0 Å². The monoisotopic (exact) mass is 326 g/mol. The van der Waals surface area contributed by atoms with E-state index in [4.69, 9.17) is 9.94 Å². The fourth-order valence-corrected chi connectivity index (χ4v) is 2.68. The van der Waals surface area contributed by atoms with E-state index < -0.39 is 5.91 Å². The van der Waals surface area contributed by atoms with Gasteiger partial charge in [-0.25, -0.2) is 5.48 Å². The molecule has 0 aromatic heterocycles. The quantitative estimate of drug-likeness (QED) is 0.655. The van der Waals surface area contributed by atoms with Crippen LogP contribution in [0.2, 0.25) is 0 Å². The summed E-state index contributed by atoms with van der Waals surface area (Å²) in [5.41, 5.74) is 3.35. The minimum Gasteiger partial charge on any atom is -0.491 e. The van der Waals surface area contributed by atoms with Gasteiger partial charge in [-0.3, -0.25) is 14.8 Å². The Morgan fingerprint density at radius 2 is 1.92 bits per heavy atom. The van der Waals surface area contributed by atoms with Crippen molar-refractivity contribution in [3.63, 3.8) is 0 Å². The van der Waals surface area contributed by atoms with Crippen molar-refractivity contribution in [1.82, 2.24) is 10.4 Å². The number of nitrogens with one attached hydrogen (secondary N) is 1. The molecule has 2 aromatic rings. The fraction of sp³-hybridized carbons (Fsp3) is 0.222. The Labute approximate surface area is 139 Å². The zero-order valence-electron chi connectivity index (χ0n) is 13.2. The molecule has 1 atom stereocenters. The highest BCUT2D eigenvalue weighted by Gasteiger charge is 2.27. The van der Waals surface area contributed by atoms with Crippen LogP contribution in [0.15, 0.2) is 48.5 Å². The second-order valence-electron chi connectivity index (χ2n) is 5.72. The Morgan fingerprint density at radius 3 is 2.62 bits per heavy atom. The van der Waals surface area contributed by atoms with Crippen LogP contribution in [0, 0.1) is 0 Å². The summed E-state index contributed by atoms with van der Waals surface area (Å²) in [5, 5.41) is 8.74. The standard InChI is InChI=1S/C18H18N2O4/c1-12-11-24-16-9-14(17(21)19-23)7-8-15(16)10-20(12)18(22)13-5-3-2-4-6-13/h2-9,12,23H,10-11H2,1H3,(H,19,21). The highest BCUT2D eigenvalue weighted by atomic mass is 16.5. The Balaban J connectivity index is 1.89. The zero-order chi connectivity index (χ0) is 17.1. The van der Waals surface area contributed by atoms with Crippen LogP contribution in [0.3, 0.4) is 0 Å². The lowest BCUT2D eigenvalue weighted by Gasteiger charge is -2.26. The van der Waals surface area contributed by atoms with Crippen LogP contribution in [0.4, 0.5) is 0 Å². The summed E-state index contributed by atoms with van der Waals surface area (Å²) in [5.74, 6) is -0.112. The molecular formula is C18H18N2O4. The largest absolute Gasteiger partial charge is 0.491 e. The van der Waals surface area contributed by atoms with Gasteiger partial charge in [0.05, 0.1) is 12.6 Å². The van der Waals surface area contributed by atoms with E-state index in [9.17, 15) is 9.59 Å². The number of hydrogen-bond donors (Lipinski definition) is 2. The van der Waals surface area contributed by atoms with E-state index in [0.29, 0.717) is 30.0 Å². The van der Waals surface area contributed by atoms with Gasteiger partial charge in [0.25, 0.3) is 11.8 Å². The van der Waals surface area contributed by atoms with Crippen molar-refractivity contribution >= 4 is 11.8 Å². The van der Waals surface area contributed by atoms with Gasteiger partial charge in [-0.15, -0.1) is 0 Å². The zero-order valence-corrected chi connectivity index (χ0v) is 13.2. The average molecular weight is 326 g/mol. The van der Waals surface area contributed by atoms with Crippen LogP contribution in [-0.2, 0) is 6.54 Å². The first-order valence-corrected chi connectivity index (χ1v) is 7.66. The predicted octanol–water partition coefficient (Wildman–Crippen LogP) is 2.23. The molecule has 0 saturated heterocycles. The van der Waals surface area contributed by atoms with E-state index in [2.05, 4.69) is 0 Å². The number of carbonyl (C=O) groups excluding carboxylic acids is 2. The fourth-order valence-electron chi connectivity index (χ4n) is 2.68. The summed E-state index contributed by atoms with van der Waals surface area (Å²) in [6.45, 7) is 2.65. The molecule has 3 rings (SSSR count). The molecule has 2 N–H and O–H groups in total. The summed E-state index contributed by atoms with van der Waals surface area (Å²) >= 11 is 0. The third-order valence-corrected chi connectivity index (χ3v) is 4.07. The van der Waals surface area contributed by atoms with Crippen molar-refractivity contribution in [3.8, 4) is 5.75 Å². The number of rotatable bonds is 2. The Kier molecular flexibility index (Phi) is 4.48. The molecule has 2 aromatic carbocycles. The van der Waals surface area contributed by atoms with Crippen molar-refractivity contribution in [2.24, 2.45) is 0 Å². The molecule has 1 aliphatic heterocycles. The lowest BCUT2D eigenvalue weighted by atomic mass is 10.1. The van der Waals surface area contributed by atoms with E-state index in [-0.39, 0.29) is 11.9 Å². The third kappa shape index (κ3) is 3.09. The van der Waals surface area contributed by atoms with Gasteiger partial charge in [-0.2, -0.15) is 0 Å². The number of hydrogen-bond acceptors (Lipinski definition) is 4. The molecule has 1 aliphatic rings. The molecule has 1 heterocycles. The highest BCUT2D eigenvalue weighted by Crippen LogP contribution is 2.27. The molecule has 6 heteroatoms. The van der Waals surface area contributed by atoms with Crippen molar-refractivity contribution in [1.29, 1.82) is 0 Å². The summed E-state index contributed by atoms with van der Waals surface area (Å²) in [7, 11) is 0. The second-order valence-corrected chi connectivity index (χ2v) is 5.72. The van der Waals surface area contributed by atoms with Crippen molar-refractivity contribution in [2.75, 3.05) is 6.61 Å². The molecule has 0 bridgehead atoms. The molecule has 2 amide bonds. The molecule has 0 spiro atoms. The normalized spacial score (nSPS) is 16.6. The van der Waals surface area contributed by atoms with Crippen molar-refractivity contribution in [2.45, 2.75) is 19.5 Å². The van der Waals surface area contributed by atoms with Crippen LogP contribution in [0.1, 0.15) is 33.2 Å². The Morgan fingerprint density at radius 1 is 1.17 bits per heavy atom. The summed E-state index contributed by atoms with van der Waals surface area (Å²) in [4.78, 5) is 26.1. The van der Waals surface area contributed by atoms with Crippen molar-refractivity contribution < 1.29 is 19.5 Å². The van der Waals surface area contributed by atoms with Crippen LogP contribution >= 0.6 is 0 Å². The van der Waals surface area contributed by atoms with Gasteiger partial charge in [-0.05, 0) is 31.2 Å². The average Bonchev–Trinajstić information content (AvgIpc) is 2.80. The number of amides is 2. The molecule has 124 valence electrons. The molecule has 1 unspecified atom stereocenters. The molecule has 0 aliphatic carbocycles. The summed E-state index contributed by atoms with van der Waals surface area (Å²) in [6.07, 6.45) is 0. The van der Waals surface area contributed by atoms with Gasteiger partial charge in [0.15, 0.2) is 0 Å². The predicted molar refractivity (Wildman–Crippen MR) is 87.0 cm³/mol. The van der Waals surface area contributed by atoms with Crippen LogP contribution in [0.25, 0.3) is 0 Å². The number of ether oxygens (including phenoxy) is 1. The van der Waals surface area contributed by atoms with E-state index in [0.717, 1.165) is 5.56 Å². The van der Waals surface area contributed by atoms with Crippen LogP contribution < -0.4 is 10.2 Å². The number of nitrogens with zero attached hydrogens (tertiary/aromatic N) is 1. The molecule has 0 radical (unpaired) electrons. The van der Waals surface area contributed by atoms with E-state index in [1.165, 1.54) is 0 Å². The third-order valence-electron chi connectivity index (χ3n) is 4.07. The smallest absolute Gasteiger partial charge is 0.274 e.